The smallest absolute Gasteiger partial charge is 0.108 e. The predicted octanol–water partition coefficient (Wildman–Crippen LogP) is 2.30. The summed E-state index contributed by atoms with van der Waals surface area (Å²) >= 11 is 3.46. The van der Waals surface area contributed by atoms with E-state index in [4.69, 9.17) is 0 Å². The van der Waals surface area contributed by atoms with E-state index in [1.165, 1.54) is 32.2 Å². The quantitative estimate of drug-likeness (QED) is 0.551. The Balaban J connectivity index is 2.06. The lowest BCUT2D eigenvalue weighted by molar-refractivity contribution is -0.865. The van der Waals surface area contributed by atoms with Gasteiger partial charge in [-0.15, -0.1) is 0 Å². The van der Waals surface area contributed by atoms with Gasteiger partial charge in [-0.25, -0.2) is 0 Å². The molecule has 2 heteroatoms. The molecule has 0 amide bonds. The Labute approximate surface area is 96.0 Å². The molecule has 80 valence electrons. The van der Waals surface area contributed by atoms with Gasteiger partial charge >= 0.3 is 0 Å². The summed E-state index contributed by atoms with van der Waals surface area (Å²) in [5.41, 5.74) is 0. The number of rotatable bonds is 6. The number of alkyl halides is 1. The van der Waals surface area contributed by atoms with Crippen molar-refractivity contribution in [2.75, 3.05) is 11.9 Å². The maximum Gasteiger partial charge on any atom is 0.108 e. The molecule has 1 N–H and O–H groups in total. The first-order valence-corrected chi connectivity index (χ1v) is 6.73. The lowest BCUT2D eigenvalue weighted by Crippen LogP contribution is -3.11. The number of allylic oxidation sites excluding steroid dienone is 2. The monoisotopic (exact) mass is 258 g/mol. The molecule has 1 rings (SSSR count). The molecule has 0 aromatic rings. The van der Waals surface area contributed by atoms with E-state index < -0.39 is 0 Å². The zero-order chi connectivity index (χ0) is 10.2. The summed E-state index contributed by atoms with van der Waals surface area (Å²) in [7, 11) is 0. The highest BCUT2D eigenvalue weighted by molar-refractivity contribution is 9.09. The van der Waals surface area contributed by atoms with E-state index in [9.17, 15) is 0 Å². The van der Waals surface area contributed by atoms with E-state index in [1.54, 1.807) is 4.90 Å². The minimum atomic E-state index is 0.663. The van der Waals surface area contributed by atoms with Crippen LogP contribution >= 0.6 is 15.9 Å². The molecule has 0 saturated carbocycles. The van der Waals surface area contributed by atoms with Crippen LogP contribution in [0.1, 0.15) is 32.6 Å². The van der Waals surface area contributed by atoms with Crippen LogP contribution in [-0.4, -0.2) is 17.9 Å². The minimum Gasteiger partial charge on any atom is -0.303 e. The molecule has 0 spiro atoms. The van der Waals surface area contributed by atoms with Crippen LogP contribution in [-0.2, 0) is 0 Å². The summed E-state index contributed by atoms with van der Waals surface area (Å²) in [6.45, 7) is 3.57. The Morgan fingerprint density at radius 2 is 1.93 bits per heavy atom. The van der Waals surface area contributed by atoms with Crippen molar-refractivity contribution in [1.82, 2.24) is 0 Å². The summed E-state index contributed by atoms with van der Waals surface area (Å²) in [5, 5.41) is 1.16. The number of unbranched alkanes of at least 4 members (excludes halogenated alkanes) is 3. The Morgan fingerprint density at radius 1 is 1.14 bits per heavy atom. The molecule has 2 atom stereocenters. The first-order valence-electron chi connectivity index (χ1n) is 5.61. The fourth-order valence-electron chi connectivity index (χ4n) is 1.77. The van der Waals surface area contributed by atoms with Crippen LogP contribution < -0.4 is 4.90 Å². The third-order valence-corrected chi connectivity index (χ3v) is 3.32. The van der Waals surface area contributed by atoms with Crippen LogP contribution in [0.3, 0.4) is 0 Å². The van der Waals surface area contributed by atoms with Crippen LogP contribution in [0.4, 0.5) is 0 Å². The van der Waals surface area contributed by atoms with Crippen molar-refractivity contribution in [3.8, 4) is 0 Å². The Hall–Kier alpha value is -0.0800. The molecule has 1 aliphatic rings. The fourth-order valence-corrected chi connectivity index (χ4v) is 2.17. The van der Waals surface area contributed by atoms with Gasteiger partial charge in [-0.2, -0.15) is 0 Å². The summed E-state index contributed by atoms with van der Waals surface area (Å²) in [6, 6.07) is 0.663. The molecule has 14 heavy (non-hydrogen) atoms. The second-order valence-electron chi connectivity index (χ2n) is 3.96. The normalized spacial score (nSPS) is 25.6. The number of halogens is 1. The molecular formula is C12H21BrN+. The topological polar surface area (TPSA) is 4.44 Å². The van der Waals surface area contributed by atoms with Crippen molar-refractivity contribution < 1.29 is 4.90 Å². The van der Waals surface area contributed by atoms with Crippen LogP contribution in [0.15, 0.2) is 24.4 Å². The summed E-state index contributed by atoms with van der Waals surface area (Å²) in [4.78, 5) is 1.60. The maximum atomic E-state index is 3.46. The van der Waals surface area contributed by atoms with Gasteiger partial charge in [0.25, 0.3) is 0 Å². The van der Waals surface area contributed by atoms with Gasteiger partial charge in [-0.05, 0) is 38.3 Å². The molecule has 0 aromatic carbocycles. The van der Waals surface area contributed by atoms with Gasteiger partial charge < -0.3 is 4.90 Å². The predicted molar refractivity (Wildman–Crippen MR) is 65.8 cm³/mol. The molecule has 1 heterocycles. The van der Waals surface area contributed by atoms with Gasteiger partial charge in [0.15, 0.2) is 0 Å². The molecule has 0 aliphatic carbocycles. The van der Waals surface area contributed by atoms with Gasteiger partial charge in [0.1, 0.15) is 6.04 Å². The molecule has 1 nitrogen and oxygen atoms in total. The summed E-state index contributed by atoms with van der Waals surface area (Å²) < 4.78 is 0. The molecule has 0 fully saturated rings. The van der Waals surface area contributed by atoms with Crippen molar-refractivity contribution in [3.63, 3.8) is 0 Å². The van der Waals surface area contributed by atoms with Gasteiger partial charge in [-0.3, -0.25) is 0 Å². The van der Waals surface area contributed by atoms with E-state index in [0.29, 0.717) is 6.04 Å². The Kier molecular flexibility index (Phi) is 6.20. The fraction of sp³-hybridized carbons (Fsp3) is 0.667. The third-order valence-electron chi connectivity index (χ3n) is 2.76. The zero-order valence-electron chi connectivity index (χ0n) is 9.01. The van der Waals surface area contributed by atoms with Crippen molar-refractivity contribution in [3.05, 3.63) is 24.4 Å². The highest BCUT2D eigenvalue weighted by atomic mass is 79.9. The lowest BCUT2D eigenvalue weighted by atomic mass is 10.1. The van der Waals surface area contributed by atoms with Crippen molar-refractivity contribution in [2.24, 2.45) is 0 Å². The Bertz CT molecular complexity index is 198. The second-order valence-corrected chi connectivity index (χ2v) is 4.75. The van der Waals surface area contributed by atoms with Gasteiger partial charge in [-0.1, -0.05) is 28.4 Å². The summed E-state index contributed by atoms with van der Waals surface area (Å²) in [6.07, 6.45) is 14.3. The van der Waals surface area contributed by atoms with E-state index in [0.717, 1.165) is 5.33 Å². The van der Waals surface area contributed by atoms with Gasteiger partial charge in [0.05, 0.1) is 12.7 Å². The number of hydrogen-bond donors (Lipinski definition) is 1. The van der Waals surface area contributed by atoms with E-state index in [2.05, 4.69) is 47.3 Å². The number of nitrogens with one attached hydrogen (secondary N) is 1. The van der Waals surface area contributed by atoms with Crippen molar-refractivity contribution in [2.45, 2.75) is 38.6 Å². The molecule has 2 unspecified atom stereocenters. The van der Waals surface area contributed by atoms with Crippen molar-refractivity contribution >= 4 is 15.9 Å². The molecule has 0 saturated heterocycles. The minimum absolute atomic E-state index is 0.663. The lowest BCUT2D eigenvalue weighted by Gasteiger charge is -2.21. The first kappa shape index (κ1) is 12.0. The molecule has 1 aliphatic heterocycles. The highest BCUT2D eigenvalue weighted by Gasteiger charge is 2.12. The Morgan fingerprint density at radius 3 is 2.64 bits per heavy atom. The van der Waals surface area contributed by atoms with Gasteiger partial charge in [0.2, 0.25) is 0 Å². The van der Waals surface area contributed by atoms with Crippen LogP contribution in [0.2, 0.25) is 0 Å². The average molecular weight is 259 g/mol. The van der Waals surface area contributed by atoms with Crippen LogP contribution in [0.5, 0.6) is 0 Å². The molecular weight excluding hydrogens is 238 g/mol. The van der Waals surface area contributed by atoms with Crippen LogP contribution in [0, 0.1) is 0 Å². The SMILES string of the molecule is CC1C=CC=C[NH+]1CCCCCCBr. The highest BCUT2D eigenvalue weighted by Crippen LogP contribution is 2.00. The number of quaternary nitrogens is 1. The average Bonchev–Trinajstić information content (AvgIpc) is 2.20. The number of hydrogen-bond acceptors (Lipinski definition) is 0. The molecule has 0 aromatic heterocycles. The third kappa shape index (κ3) is 4.43. The largest absolute Gasteiger partial charge is 0.303 e. The zero-order valence-corrected chi connectivity index (χ0v) is 10.6. The molecule has 0 radical (unpaired) electrons. The van der Waals surface area contributed by atoms with Gasteiger partial charge in [0, 0.05) is 5.33 Å². The first-order chi connectivity index (χ1) is 6.84. The van der Waals surface area contributed by atoms with Crippen molar-refractivity contribution in [1.29, 1.82) is 0 Å². The van der Waals surface area contributed by atoms with Crippen LogP contribution in [0.25, 0.3) is 0 Å². The summed E-state index contributed by atoms with van der Waals surface area (Å²) in [5.74, 6) is 0. The standard InChI is InChI=1S/C12H20BrN/c1-12-8-4-7-11-14(12)10-6-3-2-5-9-13/h4,7-8,11-12H,2-3,5-6,9-10H2,1H3/p+1. The van der Waals surface area contributed by atoms with E-state index >= 15 is 0 Å². The molecule has 0 bridgehead atoms. The van der Waals surface area contributed by atoms with E-state index in [-0.39, 0.29) is 0 Å². The van der Waals surface area contributed by atoms with E-state index in [1.807, 2.05) is 0 Å². The maximum absolute atomic E-state index is 3.46. The second kappa shape index (κ2) is 7.24.